The number of nitrogens with two attached hydrogens (primary N) is 1. The van der Waals surface area contributed by atoms with E-state index in [-0.39, 0.29) is 11.4 Å². The van der Waals surface area contributed by atoms with Gasteiger partial charge in [0.25, 0.3) is 0 Å². The molecule has 0 aliphatic heterocycles. The van der Waals surface area contributed by atoms with Gasteiger partial charge in [-0.3, -0.25) is 0 Å². The number of hydrogen-bond donors (Lipinski definition) is 2. The van der Waals surface area contributed by atoms with Gasteiger partial charge in [0.1, 0.15) is 5.56 Å². The SMILES string of the molecule is COc1c(N)cc(C(F)(F)F)cc1C(=O)O. The molecule has 0 saturated heterocycles. The highest BCUT2D eigenvalue weighted by Gasteiger charge is 2.33. The van der Waals surface area contributed by atoms with E-state index < -0.39 is 23.3 Å². The van der Waals surface area contributed by atoms with E-state index in [9.17, 15) is 18.0 Å². The van der Waals surface area contributed by atoms with Gasteiger partial charge in [0.05, 0.1) is 18.4 Å². The maximum atomic E-state index is 12.4. The van der Waals surface area contributed by atoms with Gasteiger partial charge >= 0.3 is 12.1 Å². The normalized spacial score (nSPS) is 11.2. The summed E-state index contributed by atoms with van der Waals surface area (Å²) in [7, 11) is 1.13. The first-order valence-electron chi connectivity index (χ1n) is 4.05. The first kappa shape index (κ1) is 12.2. The number of alkyl halides is 3. The van der Waals surface area contributed by atoms with E-state index in [1.165, 1.54) is 0 Å². The standard InChI is InChI=1S/C9H8F3NO3/c1-16-7-5(8(14)15)2-4(3-6(7)13)9(10,11)12/h2-3H,13H2,1H3,(H,14,15). The van der Waals surface area contributed by atoms with Gasteiger partial charge in [-0.05, 0) is 12.1 Å². The van der Waals surface area contributed by atoms with Crippen molar-refractivity contribution in [1.29, 1.82) is 0 Å². The Morgan fingerprint density at radius 3 is 2.38 bits per heavy atom. The molecule has 0 spiro atoms. The molecule has 1 aromatic carbocycles. The van der Waals surface area contributed by atoms with Crippen molar-refractivity contribution in [3.05, 3.63) is 23.3 Å². The Morgan fingerprint density at radius 2 is 2.00 bits per heavy atom. The zero-order valence-corrected chi connectivity index (χ0v) is 8.13. The van der Waals surface area contributed by atoms with Crippen LogP contribution in [0.5, 0.6) is 5.75 Å². The molecule has 0 saturated carbocycles. The highest BCUT2D eigenvalue weighted by atomic mass is 19.4. The van der Waals surface area contributed by atoms with Crippen LogP contribution in [0.25, 0.3) is 0 Å². The van der Waals surface area contributed by atoms with Crippen molar-refractivity contribution in [3.63, 3.8) is 0 Å². The Balaban J connectivity index is 3.46. The second kappa shape index (κ2) is 3.92. The zero-order valence-electron chi connectivity index (χ0n) is 8.13. The Morgan fingerprint density at radius 1 is 1.44 bits per heavy atom. The number of methoxy groups -OCH3 is 1. The summed E-state index contributed by atoms with van der Waals surface area (Å²) in [6, 6.07) is 1.11. The van der Waals surface area contributed by atoms with Crippen LogP contribution in [-0.2, 0) is 6.18 Å². The number of rotatable bonds is 2. The molecule has 88 valence electrons. The van der Waals surface area contributed by atoms with Gasteiger partial charge in [-0.25, -0.2) is 4.79 Å². The van der Waals surface area contributed by atoms with Crippen molar-refractivity contribution < 1.29 is 27.8 Å². The number of aromatic carboxylic acids is 1. The molecule has 1 aromatic rings. The quantitative estimate of drug-likeness (QED) is 0.769. The van der Waals surface area contributed by atoms with E-state index in [0.717, 1.165) is 7.11 Å². The summed E-state index contributed by atoms with van der Waals surface area (Å²) in [5.74, 6) is -1.81. The molecule has 0 aliphatic carbocycles. The van der Waals surface area contributed by atoms with E-state index in [0.29, 0.717) is 12.1 Å². The molecule has 16 heavy (non-hydrogen) atoms. The summed E-state index contributed by atoms with van der Waals surface area (Å²) < 4.78 is 41.7. The number of ether oxygens (including phenoxy) is 1. The van der Waals surface area contributed by atoms with Crippen LogP contribution in [0.3, 0.4) is 0 Å². The minimum Gasteiger partial charge on any atom is -0.494 e. The van der Waals surface area contributed by atoms with Gasteiger partial charge in [0.2, 0.25) is 0 Å². The molecule has 7 heteroatoms. The Kier molecular flexibility index (Phi) is 2.97. The largest absolute Gasteiger partial charge is 0.494 e. The molecule has 0 bridgehead atoms. The van der Waals surface area contributed by atoms with E-state index in [1.807, 2.05) is 0 Å². The number of carboxylic acids is 1. The van der Waals surface area contributed by atoms with Crippen LogP contribution in [0, 0.1) is 0 Å². The van der Waals surface area contributed by atoms with Crippen LogP contribution in [0.1, 0.15) is 15.9 Å². The maximum absolute atomic E-state index is 12.4. The molecule has 0 aromatic heterocycles. The number of carboxylic acid groups (broad SMARTS) is 1. The summed E-state index contributed by atoms with van der Waals surface area (Å²) in [5, 5.41) is 8.71. The van der Waals surface area contributed by atoms with Crippen molar-refractivity contribution in [3.8, 4) is 5.75 Å². The summed E-state index contributed by atoms with van der Waals surface area (Å²) in [6.45, 7) is 0. The maximum Gasteiger partial charge on any atom is 0.416 e. The minimum absolute atomic E-state index is 0.277. The predicted molar refractivity (Wildman–Crippen MR) is 49.4 cm³/mol. The molecule has 0 unspecified atom stereocenters. The lowest BCUT2D eigenvalue weighted by molar-refractivity contribution is -0.137. The van der Waals surface area contributed by atoms with E-state index >= 15 is 0 Å². The van der Waals surface area contributed by atoms with Crippen LogP contribution in [-0.4, -0.2) is 18.2 Å². The molecule has 0 atom stereocenters. The summed E-state index contributed by atoms with van der Waals surface area (Å²) in [5.41, 5.74) is 3.17. The number of benzene rings is 1. The Hall–Kier alpha value is -1.92. The molecule has 0 fully saturated rings. The van der Waals surface area contributed by atoms with Crippen LogP contribution < -0.4 is 10.5 Å². The van der Waals surface area contributed by atoms with Gasteiger partial charge in [-0.1, -0.05) is 0 Å². The topological polar surface area (TPSA) is 72.5 Å². The molecule has 0 aliphatic rings. The average Bonchev–Trinajstić information content (AvgIpc) is 2.14. The van der Waals surface area contributed by atoms with Gasteiger partial charge in [0.15, 0.2) is 5.75 Å². The fourth-order valence-corrected chi connectivity index (χ4v) is 1.20. The van der Waals surface area contributed by atoms with E-state index in [4.69, 9.17) is 10.8 Å². The third-order valence-corrected chi connectivity index (χ3v) is 1.88. The fourth-order valence-electron chi connectivity index (χ4n) is 1.20. The fraction of sp³-hybridized carbons (Fsp3) is 0.222. The summed E-state index contributed by atoms with van der Waals surface area (Å²) in [4.78, 5) is 10.7. The zero-order chi connectivity index (χ0) is 12.5. The first-order chi connectivity index (χ1) is 7.27. The molecular weight excluding hydrogens is 227 g/mol. The lowest BCUT2D eigenvalue weighted by Gasteiger charge is -2.12. The number of carbonyl (C=O) groups is 1. The van der Waals surface area contributed by atoms with Crippen molar-refractivity contribution in [2.24, 2.45) is 0 Å². The second-order valence-corrected chi connectivity index (χ2v) is 2.95. The predicted octanol–water partition coefficient (Wildman–Crippen LogP) is 1.99. The average molecular weight is 235 g/mol. The van der Waals surface area contributed by atoms with Crippen LogP contribution in [0.2, 0.25) is 0 Å². The molecular formula is C9H8F3NO3. The highest BCUT2D eigenvalue weighted by molar-refractivity contribution is 5.93. The van der Waals surface area contributed by atoms with E-state index in [2.05, 4.69) is 4.74 Å². The minimum atomic E-state index is -4.65. The first-order valence-corrected chi connectivity index (χ1v) is 4.05. The van der Waals surface area contributed by atoms with Crippen LogP contribution in [0.4, 0.5) is 18.9 Å². The lowest BCUT2D eigenvalue weighted by atomic mass is 10.1. The van der Waals surface area contributed by atoms with Gasteiger partial charge in [-0.2, -0.15) is 13.2 Å². The summed E-state index contributed by atoms with van der Waals surface area (Å²) >= 11 is 0. The van der Waals surface area contributed by atoms with Crippen molar-refractivity contribution >= 4 is 11.7 Å². The Labute approximate surface area is 88.4 Å². The van der Waals surface area contributed by atoms with Gasteiger partial charge in [-0.15, -0.1) is 0 Å². The number of nitrogen functional groups attached to an aromatic ring is 1. The third kappa shape index (κ3) is 2.18. The molecule has 0 heterocycles. The third-order valence-electron chi connectivity index (χ3n) is 1.88. The van der Waals surface area contributed by atoms with Crippen LogP contribution in [0.15, 0.2) is 12.1 Å². The molecule has 0 radical (unpaired) electrons. The van der Waals surface area contributed by atoms with Gasteiger partial charge < -0.3 is 15.6 Å². The second-order valence-electron chi connectivity index (χ2n) is 2.95. The monoisotopic (exact) mass is 235 g/mol. The number of hydrogen-bond acceptors (Lipinski definition) is 3. The van der Waals surface area contributed by atoms with Crippen molar-refractivity contribution in [2.45, 2.75) is 6.18 Å². The number of anilines is 1. The van der Waals surface area contributed by atoms with Crippen LogP contribution >= 0.6 is 0 Å². The Bertz CT molecular complexity index is 429. The van der Waals surface area contributed by atoms with Gasteiger partial charge in [0, 0.05) is 0 Å². The molecule has 0 amide bonds. The van der Waals surface area contributed by atoms with Crippen molar-refractivity contribution in [1.82, 2.24) is 0 Å². The smallest absolute Gasteiger partial charge is 0.416 e. The van der Waals surface area contributed by atoms with Crippen molar-refractivity contribution in [2.75, 3.05) is 12.8 Å². The molecule has 3 N–H and O–H groups in total. The van der Waals surface area contributed by atoms with E-state index in [1.54, 1.807) is 0 Å². The molecule has 1 rings (SSSR count). The molecule has 4 nitrogen and oxygen atoms in total. The lowest BCUT2D eigenvalue weighted by Crippen LogP contribution is -2.10. The number of halogens is 3. The summed E-state index contributed by atoms with van der Waals surface area (Å²) in [6.07, 6.45) is -4.65. The highest BCUT2D eigenvalue weighted by Crippen LogP contribution is 2.36.